The minimum Gasteiger partial charge on any atom is -0.339 e. The first-order chi connectivity index (χ1) is 12.6. The lowest BCUT2D eigenvalue weighted by atomic mass is 9.92. The molecule has 0 unspecified atom stereocenters. The summed E-state index contributed by atoms with van der Waals surface area (Å²) >= 11 is 0. The zero-order valence-corrected chi connectivity index (χ0v) is 14.4. The maximum absolute atomic E-state index is 12.8. The molecule has 2 aliphatic heterocycles. The number of rotatable bonds is 3. The number of nitro groups is 1. The maximum atomic E-state index is 12.8. The monoisotopic (exact) mass is 355 g/mol. The van der Waals surface area contributed by atoms with Gasteiger partial charge in [0.25, 0.3) is 11.6 Å². The molecule has 0 bridgehead atoms. The van der Waals surface area contributed by atoms with Gasteiger partial charge in [-0.1, -0.05) is 0 Å². The van der Waals surface area contributed by atoms with Crippen molar-refractivity contribution in [2.75, 3.05) is 26.2 Å². The van der Waals surface area contributed by atoms with Gasteiger partial charge in [0.15, 0.2) is 0 Å². The summed E-state index contributed by atoms with van der Waals surface area (Å²) in [5.74, 6) is 1.36. The van der Waals surface area contributed by atoms with E-state index < -0.39 is 4.92 Å². The van der Waals surface area contributed by atoms with Crippen LogP contribution in [0.25, 0.3) is 5.69 Å². The lowest BCUT2D eigenvalue weighted by molar-refractivity contribution is -0.384. The van der Waals surface area contributed by atoms with Gasteiger partial charge in [-0.25, -0.2) is 4.68 Å². The molecular weight excluding hydrogens is 334 g/mol. The highest BCUT2D eigenvalue weighted by atomic mass is 16.6. The van der Waals surface area contributed by atoms with E-state index in [1.807, 2.05) is 4.90 Å². The molecule has 1 N–H and O–H groups in total. The third kappa shape index (κ3) is 3.20. The Kier molecular flexibility index (Phi) is 4.42. The van der Waals surface area contributed by atoms with E-state index in [1.54, 1.807) is 29.2 Å². The molecule has 0 saturated carbocycles. The molecule has 2 saturated heterocycles. The lowest BCUT2D eigenvalue weighted by Gasteiger charge is -2.20. The van der Waals surface area contributed by atoms with E-state index in [0.717, 1.165) is 39.0 Å². The van der Waals surface area contributed by atoms with Crippen LogP contribution in [0.3, 0.4) is 0 Å². The van der Waals surface area contributed by atoms with E-state index in [1.165, 1.54) is 12.1 Å². The number of amides is 1. The fourth-order valence-electron chi connectivity index (χ4n) is 3.91. The van der Waals surface area contributed by atoms with Crippen LogP contribution < -0.4 is 5.32 Å². The van der Waals surface area contributed by atoms with Crippen molar-refractivity contribution in [1.82, 2.24) is 20.0 Å². The van der Waals surface area contributed by atoms with Crippen LogP contribution >= 0.6 is 0 Å². The third-order valence-electron chi connectivity index (χ3n) is 5.46. The van der Waals surface area contributed by atoms with Crippen molar-refractivity contribution in [3.8, 4) is 5.69 Å². The van der Waals surface area contributed by atoms with Gasteiger partial charge in [-0.3, -0.25) is 14.9 Å². The van der Waals surface area contributed by atoms with Crippen LogP contribution in [0.2, 0.25) is 0 Å². The molecule has 26 heavy (non-hydrogen) atoms. The molecule has 8 nitrogen and oxygen atoms in total. The standard InChI is InChI=1S/C18H21N5O3/c24-18(21-7-5-13-9-19-10-14(13)6-8-21)15-11-20-22(12-15)16-1-3-17(4-2-16)23(25)26/h1-4,11-14,19H,5-10H2/t13-,14+. The van der Waals surface area contributed by atoms with Crippen molar-refractivity contribution in [2.24, 2.45) is 11.8 Å². The van der Waals surface area contributed by atoms with Crippen LogP contribution in [0.5, 0.6) is 0 Å². The van der Waals surface area contributed by atoms with Crippen molar-refractivity contribution in [3.05, 3.63) is 52.3 Å². The quantitative estimate of drug-likeness (QED) is 0.670. The van der Waals surface area contributed by atoms with E-state index in [0.29, 0.717) is 23.1 Å². The fraction of sp³-hybridized carbons (Fsp3) is 0.444. The lowest BCUT2D eigenvalue weighted by Crippen LogP contribution is -2.32. The van der Waals surface area contributed by atoms with Gasteiger partial charge in [0.05, 0.1) is 22.4 Å². The number of non-ortho nitro benzene ring substituents is 1. The number of hydrogen-bond acceptors (Lipinski definition) is 5. The van der Waals surface area contributed by atoms with Crippen molar-refractivity contribution in [3.63, 3.8) is 0 Å². The Morgan fingerprint density at radius 3 is 2.42 bits per heavy atom. The zero-order chi connectivity index (χ0) is 18.1. The highest BCUT2D eigenvalue weighted by Crippen LogP contribution is 2.27. The highest BCUT2D eigenvalue weighted by molar-refractivity contribution is 5.93. The Bertz CT molecular complexity index is 802. The smallest absolute Gasteiger partial charge is 0.269 e. The van der Waals surface area contributed by atoms with Crippen LogP contribution in [0.1, 0.15) is 23.2 Å². The number of benzene rings is 1. The van der Waals surface area contributed by atoms with Gasteiger partial charge in [-0.2, -0.15) is 5.10 Å². The number of carbonyl (C=O) groups is 1. The van der Waals surface area contributed by atoms with Crippen LogP contribution in [0.4, 0.5) is 5.69 Å². The number of carbonyl (C=O) groups excluding carboxylic acids is 1. The first kappa shape index (κ1) is 16.7. The summed E-state index contributed by atoms with van der Waals surface area (Å²) < 4.78 is 1.58. The Labute approximate surface area is 150 Å². The molecule has 2 aliphatic rings. The molecule has 1 aromatic carbocycles. The van der Waals surface area contributed by atoms with E-state index in [2.05, 4.69) is 10.4 Å². The fourth-order valence-corrected chi connectivity index (χ4v) is 3.91. The molecule has 2 aromatic rings. The molecule has 1 aromatic heterocycles. The SMILES string of the molecule is O=C(c1cnn(-c2ccc([N+](=O)[O-])cc2)c1)N1CC[C@@H]2CNC[C@@H]2CC1. The number of aromatic nitrogens is 2. The van der Waals surface area contributed by atoms with E-state index in [4.69, 9.17) is 0 Å². The molecule has 4 rings (SSSR count). The van der Waals surface area contributed by atoms with Crippen LogP contribution in [0, 0.1) is 22.0 Å². The zero-order valence-electron chi connectivity index (χ0n) is 14.4. The maximum Gasteiger partial charge on any atom is 0.269 e. The summed E-state index contributed by atoms with van der Waals surface area (Å²) in [5.41, 5.74) is 1.27. The summed E-state index contributed by atoms with van der Waals surface area (Å²) in [6.07, 6.45) is 5.34. The summed E-state index contributed by atoms with van der Waals surface area (Å²) in [7, 11) is 0. The number of hydrogen-bond donors (Lipinski definition) is 1. The van der Waals surface area contributed by atoms with E-state index >= 15 is 0 Å². The number of nitrogens with zero attached hydrogens (tertiary/aromatic N) is 4. The Morgan fingerprint density at radius 2 is 1.81 bits per heavy atom. The number of nitro benzene ring substituents is 1. The first-order valence-electron chi connectivity index (χ1n) is 8.91. The number of nitrogens with one attached hydrogen (secondary N) is 1. The highest BCUT2D eigenvalue weighted by Gasteiger charge is 2.31. The van der Waals surface area contributed by atoms with Gasteiger partial charge in [-0.15, -0.1) is 0 Å². The molecule has 0 aliphatic carbocycles. The summed E-state index contributed by atoms with van der Waals surface area (Å²) in [6.45, 7) is 3.68. The third-order valence-corrected chi connectivity index (χ3v) is 5.46. The van der Waals surface area contributed by atoms with Gasteiger partial charge >= 0.3 is 0 Å². The summed E-state index contributed by atoms with van der Waals surface area (Å²) in [6, 6.07) is 6.11. The molecule has 3 heterocycles. The molecule has 136 valence electrons. The molecule has 0 spiro atoms. The number of fused-ring (bicyclic) bond motifs is 1. The molecule has 2 fully saturated rings. The predicted octanol–water partition coefficient (Wildman–Crippen LogP) is 1.85. The predicted molar refractivity (Wildman–Crippen MR) is 95.2 cm³/mol. The van der Waals surface area contributed by atoms with Gasteiger partial charge in [0.2, 0.25) is 0 Å². The van der Waals surface area contributed by atoms with Gasteiger partial charge < -0.3 is 10.2 Å². The molecule has 2 atom stereocenters. The van der Waals surface area contributed by atoms with Crippen molar-refractivity contribution in [1.29, 1.82) is 0 Å². The largest absolute Gasteiger partial charge is 0.339 e. The van der Waals surface area contributed by atoms with E-state index in [9.17, 15) is 14.9 Å². The second-order valence-corrected chi connectivity index (χ2v) is 7.00. The first-order valence-corrected chi connectivity index (χ1v) is 8.91. The van der Waals surface area contributed by atoms with Crippen LogP contribution in [-0.4, -0.2) is 51.7 Å². The average Bonchev–Trinajstić information content (AvgIpc) is 3.27. The minimum atomic E-state index is -0.438. The topological polar surface area (TPSA) is 93.3 Å². The summed E-state index contributed by atoms with van der Waals surface area (Å²) in [4.78, 5) is 25.1. The van der Waals surface area contributed by atoms with Crippen molar-refractivity contribution >= 4 is 11.6 Å². The molecule has 1 amide bonds. The Morgan fingerprint density at radius 1 is 1.15 bits per heavy atom. The second kappa shape index (κ2) is 6.87. The summed E-state index contributed by atoms with van der Waals surface area (Å²) in [5, 5.41) is 18.4. The second-order valence-electron chi connectivity index (χ2n) is 7.00. The molecular formula is C18H21N5O3. The van der Waals surface area contributed by atoms with Gasteiger partial charge in [0.1, 0.15) is 0 Å². The van der Waals surface area contributed by atoms with Gasteiger partial charge in [-0.05, 0) is 49.9 Å². The van der Waals surface area contributed by atoms with E-state index in [-0.39, 0.29) is 11.6 Å². The van der Waals surface area contributed by atoms with Crippen LogP contribution in [-0.2, 0) is 0 Å². The Balaban J connectivity index is 1.47. The van der Waals surface area contributed by atoms with Crippen molar-refractivity contribution < 1.29 is 9.72 Å². The van der Waals surface area contributed by atoms with Gasteiger partial charge in [0, 0.05) is 31.4 Å². The normalized spacial score (nSPS) is 22.7. The minimum absolute atomic E-state index is 0.00564. The van der Waals surface area contributed by atoms with Crippen LogP contribution in [0.15, 0.2) is 36.7 Å². The molecule has 8 heteroatoms. The average molecular weight is 355 g/mol. The Hall–Kier alpha value is -2.74. The van der Waals surface area contributed by atoms with Crippen molar-refractivity contribution in [2.45, 2.75) is 12.8 Å². The number of likely N-dealkylation sites (tertiary alicyclic amines) is 1. The molecule has 0 radical (unpaired) electrons.